The van der Waals surface area contributed by atoms with Crippen molar-refractivity contribution in [3.63, 3.8) is 0 Å². The van der Waals surface area contributed by atoms with E-state index >= 15 is 0 Å². The van der Waals surface area contributed by atoms with Crippen molar-refractivity contribution in [2.75, 3.05) is 13.1 Å². The molecule has 0 amide bonds. The van der Waals surface area contributed by atoms with Gasteiger partial charge in [-0.15, -0.1) is 0 Å². The van der Waals surface area contributed by atoms with E-state index in [2.05, 4.69) is 59.4 Å². The van der Waals surface area contributed by atoms with Crippen LogP contribution in [0.15, 0.2) is 42.6 Å². The fourth-order valence-electron chi connectivity index (χ4n) is 4.67. The molecule has 3 heteroatoms. The lowest BCUT2D eigenvalue weighted by atomic mass is 9.84. The Morgan fingerprint density at radius 2 is 1.63 bits per heavy atom. The fourth-order valence-corrected chi connectivity index (χ4v) is 6.77. The molecular weight excluding hydrogens is 344 g/mol. The molecule has 27 heavy (non-hydrogen) atoms. The van der Waals surface area contributed by atoms with Crippen molar-refractivity contribution in [2.24, 2.45) is 0 Å². The number of rotatable bonds is 4. The molecule has 4 rings (SSSR count). The van der Waals surface area contributed by atoms with Gasteiger partial charge in [0, 0.05) is 20.8 Å². The minimum Gasteiger partial charge on any atom is -0.298 e. The van der Waals surface area contributed by atoms with Crippen LogP contribution >= 0.6 is 0 Å². The van der Waals surface area contributed by atoms with Crippen LogP contribution in [0.3, 0.4) is 0 Å². The summed E-state index contributed by atoms with van der Waals surface area (Å²) in [6, 6.07) is 16.7. The second-order valence-electron chi connectivity index (χ2n) is 9.43. The summed E-state index contributed by atoms with van der Waals surface area (Å²) in [7, 11) is -0.895. The number of hydrogen-bond donors (Lipinski definition) is 0. The molecular formula is C24H34N2Si. The maximum absolute atomic E-state index is 4.66. The Kier molecular flexibility index (Phi) is 5.79. The van der Waals surface area contributed by atoms with Gasteiger partial charge in [0.15, 0.2) is 0 Å². The Balaban J connectivity index is 1.43. The van der Waals surface area contributed by atoms with Gasteiger partial charge < -0.3 is 0 Å². The van der Waals surface area contributed by atoms with E-state index in [4.69, 9.17) is 0 Å². The Hall–Kier alpha value is -1.45. The monoisotopic (exact) mass is 378 g/mol. The zero-order valence-corrected chi connectivity index (χ0v) is 18.1. The highest BCUT2D eigenvalue weighted by atomic mass is 28.3. The first-order valence-corrected chi connectivity index (χ1v) is 14.3. The minimum absolute atomic E-state index is 0.785. The van der Waals surface area contributed by atoms with Crippen LogP contribution < -0.4 is 0 Å². The van der Waals surface area contributed by atoms with Crippen LogP contribution in [0.25, 0.3) is 11.1 Å². The Morgan fingerprint density at radius 1 is 0.926 bits per heavy atom. The van der Waals surface area contributed by atoms with Gasteiger partial charge in [0.1, 0.15) is 0 Å². The molecule has 1 saturated heterocycles. The molecule has 0 N–H and O–H groups in total. The fraction of sp³-hybridized carbons (Fsp3) is 0.542. The van der Waals surface area contributed by atoms with Gasteiger partial charge in [-0.05, 0) is 72.8 Å². The topological polar surface area (TPSA) is 16.1 Å². The van der Waals surface area contributed by atoms with Crippen molar-refractivity contribution in [3.05, 3.63) is 53.9 Å². The van der Waals surface area contributed by atoms with Crippen molar-refractivity contribution < 1.29 is 0 Å². The molecule has 1 aromatic heterocycles. The van der Waals surface area contributed by atoms with Crippen LogP contribution in [0.5, 0.6) is 0 Å². The van der Waals surface area contributed by atoms with Crippen molar-refractivity contribution >= 4 is 8.07 Å². The quantitative estimate of drug-likeness (QED) is 0.579. The van der Waals surface area contributed by atoms with Gasteiger partial charge in [-0.2, -0.15) is 0 Å². The van der Waals surface area contributed by atoms with Crippen LogP contribution in [-0.4, -0.2) is 31.0 Å². The normalized spacial score (nSPS) is 21.3. The van der Waals surface area contributed by atoms with Gasteiger partial charge in [-0.3, -0.25) is 9.88 Å². The summed E-state index contributed by atoms with van der Waals surface area (Å²) in [4.78, 5) is 7.25. The first-order valence-electron chi connectivity index (χ1n) is 10.9. The summed E-state index contributed by atoms with van der Waals surface area (Å²) in [6.45, 7) is 8.56. The van der Waals surface area contributed by atoms with Crippen LogP contribution in [0.1, 0.15) is 49.3 Å². The van der Waals surface area contributed by atoms with E-state index in [1.165, 1.54) is 79.7 Å². The third-order valence-corrected chi connectivity index (χ3v) is 9.89. The highest BCUT2D eigenvalue weighted by Gasteiger charge is 2.27. The van der Waals surface area contributed by atoms with Gasteiger partial charge in [-0.25, -0.2) is 0 Å². The summed E-state index contributed by atoms with van der Waals surface area (Å²) < 4.78 is 0. The predicted molar refractivity (Wildman–Crippen MR) is 118 cm³/mol. The summed E-state index contributed by atoms with van der Waals surface area (Å²) in [5.74, 6) is 0.785. The molecule has 2 aromatic rings. The molecule has 1 aliphatic heterocycles. The third-order valence-electron chi connectivity index (χ3n) is 6.73. The molecule has 0 atom stereocenters. The molecule has 1 aromatic carbocycles. The van der Waals surface area contributed by atoms with Crippen LogP contribution in [0, 0.1) is 0 Å². The summed E-state index contributed by atoms with van der Waals surface area (Å²) in [5, 5.41) is 0. The molecule has 0 radical (unpaired) electrons. The number of benzene rings is 1. The average Bonchev–Trinajstić information content (AvgIpc) is 2.71. The first-order chi connectivity index (χ1) is 13.1. The second-order valence-corrected chi connectivity index (χ2v) is 14.8. The Morgan fingerprint density at radius 3 is 2.33 bits per heavy atom. The lowest BCUT2D eigenvalue weighted by Crippen LogP contribution is -2.42. The second kappa shape index (κ2) is 8.28. The van der Waals surface area contributed by atoms with E-state index < -0.39 is 8.07 Å². The maximum Gasteiger partial charge on any atom is 0.0550 e. The van der Waals surface area contributed by atoms with Gasteiger partial charge in [0.2, 0.25) is 0 Å². The highest BCUT2D eigenvalue weighted by molar-refractivity contribution is 6.77. The number of aromatic nitrogens is 1. The van der Waals surface area contributed by atoms with Crippen LogP contribution in [-0.2, 0) is 6.54 Å². The van der Waals surface area contributed by atoms with Crippen molar-refractivity contribution in [2.45, 2.75) is 69.7 Å². The van der Waals surface area contributed by atoms with Gasteiger partial charge >= 0.3 is 0 Å². The molecule has 2 fully saturated rings. The molecule has 144 valence electrons. The van der Waals surface area contributed by atoms with Crippen molar-refractivity contribution in [3.8, 4) is 11.1 Å². The van der Waals surface area contributed by atoms with Gasteiger partial charge in [-0.1, -0.05) is 56.6 Å². The molecule has 0 unspecified atom stereocenters. The molecule has 1 aliphatic carbocycles. The molecule has 2 nitrogen and oxygen atoms in total. The molecule has 0 bridgehead atoms. The maximum atomic E-state index is 4.66. The SMILES string of the molecule is C[Si]1(C)CCN(Cc2cc(-c3ccc(C4CCCCC4)cc3)ccn2)CC1. The van der Waals surface area contributed by atoms with E-state index in [1.54, 1.807) is 0 Å². The molecule has 2 aliphatic rings. The average molecular weight is 379 g/mol. The summed E-state index contributed by atoms with van der Waals surface area (Å²) in [5.41, 5.74) is 5.38. The van der Waals surface area contributed by atoms with E-state index in [1.807, 2.05) is 6.20 Å². The largest absolute Gasteiger partial charge is 0.298 e. The van der Waals surface area contributed by atoms with Gasteiger partial charge in [0.05, 0.1) is 5.69 Å². The molecule has 1 saturated carbocycles. The van der Waals surface area contributed by atoms with E-state index in [0.717, 1.165) is 12.5 Å². The van der Waals surface area contributed by atoms with Crippen LogP contribution in [0.2, 0.25) is 25.2 Å². The number of pyridine rings is 1. The smallest absolute Gasteiger partial charge is 0.0550 e. The standard InChI is InChI=1S/C24H34N2Si/c1-27(2)16-14-26(15-17-27)19-24-18-23(12-13-25-24)22-10-8-21(9-11-22)20-6-4-3-5-7-20/h8-13,18,20H,3-7,14-17,19H2,1-2H3. The van der Waals surface area contributed by atoms with Gasteiger partial charge in [0.25, 0.3) is 0 Å². The first kappa shape index (κ1) is 18.9. The molecule has 2 heterocycles. The lowest BCUT2D eigenvalue weighted by molar-refractivity contribution is 0.278. The summed E-state index contributed by atoms with van der Waals surface area (Å²) in [6.07, 6.45) is 8.95. The lowest BCUT2D eigenvalue weighted by Gasteiger charge is -2.35. The van der Waals surface area contributed by atoms with Crippen LogP contribution in [0.4, 0.5) is 0 Å². The predicted octanol–water partition coefficient (Wildman–Crippen LogP) is 6.32. The minimum atomic E-state index is -0.895. The highest BCUT2D eigenvalue weighted by Crippen LogP contribution is 2.33. The number of nitrogens with zero attached hydrogens (tertiary/aromatic N) is 2. The van der Waals surface area contributed by atoms with E-state index in [-0.39, 0.29) is 0 Å². The Bertz CT molecular complexity index is 737. The zero-order valence-electron chi connectivity index (χ0n) is 17.1. The van der Waals surface area contributed by atoms with E-state index in [0.29, 0.717) is 0 Å². The Labute approximate surface area is 166 Å². The molecule has 0 spiro atoms. The third kappa shape index (κ3) is 4.88. The van der Waals surface area contributed by atoms with Crippen molar-refractivity contribution in [1.82, 2.24) is 9.88 Å². The zero-order chi connectivity index (χ0) is 18.7. The summed E-state index contributed by atoms with van der Waals surface area (Å²) >= 11 is 0. The van der Waals surface area contributed by atoms with Crippen molar-refractivity contribution in [1.29, 1.82) is 0 Å². The number of hydrogen-bond acceptors (Lipinski definition) is 2. The van der Waals surface area contributed by atoms with E-state index in [9.17, 15) is 0 Å².